The van der Waals surface area contributed by atoms with E-state index in [0.29, 0.717) is 0 Å². The van der Waals surface area contributed by atoms with E-state index in [1.807, 2.05) is 6.07 Å². The first kappa shape index (κ1) is 29.1. The van der Waals surface area contributed by atoms with Crippen LogP contribution in [0, 0.1) is 5.92 Å². The molecule has 0 spiro atoms. The molecule has 1 aromatic rings. The molecule has 1 saturated heterocycles. The fourth-order valence-corrected chi connectivity index (χ4v) is 5.22. The second-order valence-corrected chi connectivity index (χ2v) is 9.86. The van der Waals surface area contributed by atoms with Crippen molar-refractivity contribution >= 4 is 18.0 Å². The van der Waals surface area contributed by atoms with Crippen molar-refractivity contribution in [2.45, 2.75) is 67.6 Å². The van der Waals surface area contributed by atoms with Gasteiger partial charge in [-0.3, -0.25) is 0 Å². The fraction of sp³-hybridized carbons (Fsp3) is 0.538. The van der Waals surface area contributed by atoms with Crippen molar-refractivity contribution in [2.75, 3.05) is 13.7 Å². The second-order valence-electron chi connectivity index (χ2n) is 9.86. The highest BCUT2D eigenvalue weighted by Gasteiger charge is 2.69. The lowest BCUT2D eigenvalue weighted by Crippen LogP contribution is -2.62. The Hall–Kier alpha value is -2.88. The lowest BCUT2D eigenvalue weighted by Gasteiger charge is -2.46. The molecule has 1 saturated carbocycles. The van der Waals surface area contributed by atoms with E-state index >= 15 is 0 Å². The minimum atomic E-state index is -2.19. The summed E-state index contributed by atoms with van der Waals surface area (Å²) in [4.78, 5) is 25.1. The molecule has 0 amide bonds. The maximum absolute atomic E-state index is 12.6. The van der Waals surface area contributed by atoms with Crippen molar-refractivity contribution in [1.29, 1.82) is 0 Å². The summed E-state index contributed by atoms with van der Waals surface area (Å²) < 4.78 is 26.8. The maximum atomic E-state index is 12.6. The highest BCUT2D eigenvalue weighted by Crippen LogP contribution is 2.53. The molecular formula is C26H32O13. The van der Waals surface area contributed by atoms with E-state index in [2.05, 4.69) is 0 Å². The average Bonchev–Trinajstić information content (AvgIpc) is 3.12. The third kappa shape index (κ3) is 5.44. The Morgan fingerprint density at radius 1 is 1.08 bits per heavy atom. The standard InChI is InChI=1S/C26H32O13/c1-25(33)16(38-17(28)9-8-13-6-4-3-5-7-13)10-26(34)14(22(32)35-2)12-36-24(21(25)26)39-23-20(31)19(30)18(29)15(11-27)37-23/h3-9,12,15-16,18-21,23-24,27,29-31,33-34H,10-11H2,1-2H3/t15-,16-,18-,19+,20+,21+,23+,24-,25-,26-/m1/s1. The zero-order valence-corrected chi connectivity index (χ0v) is 21.2. The van der Waals surface area contributed by atoms with Crippen LogP contribution in [0.4, 0.5) is 0 Å². The van der Waals surface area contributed by atoms with Crippen LogP contribution in [0.5, 0.6) is 0 Å². The van der Waals surface area contributed by atoms with Crippen molar-refractivity contribution in [2.24, 2.45) is 5.92 Å². The van der Waals surface area contributed by atoms with Gasteiger partial charge in [0.2, 0.25) is 6.29 Å². The number of fused-ring (bicyclic) bond motifs is 1. The molecule has 4 rings (SSSR count). The molecule has 10 atom stereocenters. The second kappa shape index (κ2) is 11.3. The van der Waals surface area contributed by atoms with Gasteiger partial charge in [0.05, 0.1) is 25.9 Å². The van der Waals surface area contributed by atoms with Crippen molar-refractivity contribution in [1.82, 2.24) is 0 Å². The Morgan fingerprint density at radius 2 is 1.77 bits per heavy atom. The summed E-state index contributed by atoms with van der Waals surface area (Å²) in [5.74, 6) is -3.31. The maximum Gasteiger partial charge on any atom is 0.339 e. The number of carbonyl (C=O) groups excluding carboxylic acids is 2. The Bertz CT molecular complexity index is 1100. The number of methoxy groups -OCH3 is 1. The minimum absolute atomic E-state index is 0.373. The number of aliphatic hydroxyl groups is 6. The van der Waals surface area contributed by atoms with E-state index in [-0.39, 0.29) is 5.57 Å². The van der Waals surface area contributed by atoms with Gasteiger partial charge in [0.15, 0.2) is 6.29 Å². The number of hydrogen-bond donors (Lipinski definition) is 6. The minimum Gasteiger partial charge on any atom is -0.471 e. The molecule has 13 heteroatoms. The van der Waals surface area contributed by atoms with Crippen LogP contribution in [-0.4, -0.2) is 111 Å². The molecule has 1 aliphatic carbocycles. The molecule has 13 nitrogen and oxygen atoms in total. The first-order chi connectivity index (χ1) is 18.4. The molecule has 0 radical (unpaired) electrons. The summed E-state index contributed by atoms with van der Waals surface area (Å²) >= 11 is 0. The predicted octanol–water partition coefficient (Wildman–Crippen LogP) is -1.66. The van der Waals surface area contributed by atoms with Crippen molar-refractivity contribution in [3.63, 3.8) is 0 Å². The SMILES string of the molecule is COC(=O)C1=CO[C@H](O[C@@H]2O[C@H](CO)[C@@H](O)[C@H](O)[C@@H]2O)[C@H]2[C@](C)(O)[C@H](OC(=O)C=Cc3ccccc3)C[C@@]12O. The quantitative estimate of drug-likeness (QED) is 0.166. The molecule has 39 heavy (non-hydrogen) atoms. The van der Waals surface area contributed by atoms with E-state index < -0.39 is 85.2 Å². The smallest absolute Gasteiger partial charge is 0.339 e. The van der Waals surface area contributed by atoms with E-state index in [0.717, 1.165) is 25.0 Å². The highest BCUT2D eigenvalue weighted by molar-refractivity contribution is 5.91. The molecule has 6 N–H and O–H groups in total. The number of aliphatic hydroxyl groups excluding tert-OH is 4. The summed E-state index contributed by atoms with van der Waals surface area (Å²) in [6, 6.07) is 8.90. The number of esters is 2. The summed E-state index contributed by atoms with van der Waals surface area (Å²) in [5, 5.41) is 63.3. The molecule has 2 fully saturated rings. The molecule has 214 valence electrons. The van der Waals surface area contributed by atoms with Crippen molar-refractivity contribution < 1.29 is 63.9 Å². The first-order valence-corrected chi connectivity index (χ1v) is 12.2. The normalized spacial score (nSPS) is 39.9. The molecule has 2 aliphatic heterocycles. The van der Waals surface area contributed by atoms with Gasteiger partial charge in [-0.2, -0.15) is 0 Å². The van der Waals surface area contributed by atoms with Gasteiger partial charge in [-0.1, -0.05) is 30.3 Å². The van der Waals surface area contributed by atoms with Crippen LogP contribution in [0.2, 0.25) is 0 Å². The molecule has 0 bridgehead atoms. The Kier molecular flexibility index (Phi) is 8.44. The topological polar surface area (TPSA) is 202 Å². The van der Waals surface area contributed by atoms with Gasteiger partial charge in [-0.15, -0.1) is 0 Å². The first-order valence-electron chi connectivity index (χ1n) is 12.2. The monoisotopic (exact) mass is 552 g/mol. The number of rotatable bonds is 7. The Labute approximate surface area is 223 Å². The summed E-state index contributed by atoms with van der Waals surface area (Å²) in [6.07, 6.45) is -8.13. The van der Waals surface area contributed by atoms with E-state index in [1.165, 1.54) is 13.0 Å². The van der Waals surface area contributed by atoms with Crippen LogP contribution in [-0.2, 0) is 33.3 Å². The molecule has 0 aromatic heterocycles. The number of ether oxygens (including phenoxy) is 5. The zero-order chi connectivity index (χ0) is 28.5. The molecule has 0 unspecified atom stereocenters. The van der Waals surface area contributed by atoms with Gasteiger partial charge >= 0.3 is 11.9 Å². The number of hydrogen-bond acceptors (Lipinski definition) is 13. The Balaban J connectivity index is 1.61. The molecule has 3 aliphatic rings. The third-order valence-corrected chi connectivity index (χ3v) is 7.34. The van der Waals surface area contributed by atoms with E-state index in [4.69, 9.17) is 23.7 Å². The summed E-state index contributed by atoms with van der Waals surface area (Å²) in [6.45, 7) is 0.532. The largest absolute Gasteiger partial charge is 0.471 e. The number of carbonyl (C=O) groups is 2. The summed E-state index contributed by atoms with van der Waals surface area (Å²) in [5.41, 5.74) is -3.92. The average molecular weight is 553 g/mol. The number of benzene rings is 1. The van der Waals surface area contributed by atoms with Crippen LogP contribution >= 0.6 is 0 Å². The zero-order valence-electron chi connectivity index (χ0n) is 21.2. The van der Waals surface area contributed by atoms with E-state index in [9.17, 15) is 40.2 Å². The third-order valence-electron chi connectivity index (χ3n) is 7.34. The van der Waals surface area contributed by atoms with Crippen LogP contribution in [0.1, 0.15) is 18.9 Å². The van der Waals surface area contributed by atoms with Gasteiger partial charge in [-0.05, 0) is 18.6 Å². The lowest BCUT2D eigenvalue weighted by atomic mass is 9.77. The lowest BCUT2D eigenvalue weighted by molar-refractivity contribution is -0.352. The van der Waals surface area contributed by atoms with Gasteiger partial charge in [0, 0.05) is 12.5 Å². The predicted molar refractivity (Wildman–Crippen MR) is 129 cm³/mol. The van der Waals surface area contributed by atoms with Gasteiger partial charge in [-0.25, -0.2) is 9.59 Å². The van der Waals surface area contributed by atoms with Crippen LogP contribution in [0.25, 0.3) is 6.08 Å². The van der Waals surface area contributed by atoms with Crippen molar-refractivity contribution in [3.8, 4) is 0 Å². The van der Waals surface area contributed by atoms with Crippen LogP contribution < -0.4 is 0 Å². The Morgan fingerprint density at radius 3 is 2.41 bits per heavy atom. The van der Waals surface area contributed by atoms with Gasteiger partial charge in [0.25, 0.3) is 0 Å². The van der Waals surface area contributed by atoms with E-state index in [1.54, 1.807) is 24.3 Å². The van der Waals surface area contributed by atoms with Gasteiger partial charge < -0.3 is 54.3 Å². The van der Waals surface area contributed by atoms with Crippen molar-refractivity contribution in [3.05, 3.63) is 53.8 Å². The highest BCUT2D eigenvalue weighted by atomic mass is 16.8. The molecule has 1 aromatic carbocycles. The molecule has 2 heterocycles. The summed E-state index contributed by atoms with van der Waals surface area (Å²) in [7, 11) is 1.08. The fourth-order valence-electron chi connectivity index (χ4n) is 5.22. The van der Waals surface area contributed by atoms with Gasteiger partial charge in [0.1, 0.15) is 47.3 Å². The molecular weight excluding hydrogens is 520 g/mol. The van der Waals surface area contributed by atoms with Crippen LogP contribution in [0.3, 0.4) is 0 Å². The van der Waals surface area contributed by atoms with Crippen LogP contribution in [0.15, 0.2) is 48.2 Å².